The van der Waals surface area contributed by atoms with Crippen molar-refractivity contribution in [3.63, 3.8) is 0 Å². The molecular weight excluding hydrogens is 302 g/mol. The first-order chi connectivity index (χ1) is 11.4. The molecule has 0 spiro atoms. The Kier molecular flexibility index (Phi) is 6.63. The van der Waals surface area contributed by atoms with Crippen molar-refractivity contribution in [2.24, 2.45) is 16.8 Å². The molecule has 0 radical (unpaired) electrons. The van der Waals surface area contributed by atoms with Crippen LogP contribution < -0.4 is 10.6 Å². The highest BCUT2D eigenvalue weighted by atomic mass is 16.5. The van der Waals surface area contributed by atoms with Gasteiger partial charge in [0.25, 0.3) is 0 Å². The van der Waals surface area contributed by atoms with Crippen molar-refractivity contribution in [3.8, 4) is 0 Å². The van der Waals surface area contributed by atoms with Gasteiger partial charge in [-0.15, -0.1) is 0 Å². The smallest absolute Gasteiger partial charge is 0.232 e. The first kappa shape index (κ1) is 18.7. The Morgan fingerprint density at radius 1 is 1.29 bits per heavy atom. The average Bonchev–Trinajstić information content (AvgIpc) is 3.00. The molecule has 24 heavy (non-hydrogen) atoms. The highest BCUT2D eigenvalue weighted by Crippen LogP contribution is 2.30. The van der Waals surface area contributed by atoms with Gasteiger partial charge in [-0.1, -0.05) is 52.1 Å². The van der Waals surface area contributed by atoms with Crippen LogP contribution in [0.1, 0.15) is 71.5 Å². The van der Waals surface area contributed by atoms with E-state index in [2.05, 4.69) is 53.5 Å². The van der Waals surface area contributed by atoms with Crippen LogP contribution in [0.15, 0.2) is 9.52 Å². The van der Waals surface area contributed by atoms with Crippen LogP contribution in [-0.2, 0) is 12.0 Å². The van der Waals surface area contributed by atoms with Gasteiger partial charge in [-0.3, -0.25) is 4.99 Å². The molecule has 0 saturated heterocycles. The first-order valence-corrected chi connectivity index (χ1v) is 9.16. The summed E-state index contributed by atoms with van der Waals surface area (Å²) in [7, 11) is 1.79. The number of guanidine groups is 1. The van der Waals surface area contributed by atoms with E-state index in [1.54, 1.807) is 7.05 Å². The Morgan fingerprint density at radius 3 is 2.71 bits per heavy atom. The maximum Gasteiger partial charge on any atom is 0.232 e. The number of hydrogen-bond acceptors (Lipinski definition) is 4. The Hall–Kier alpha value is -1.59. The topological polar surface area (TPSA) is 75.3 Å². The molecule has 1 aliphatic carbocycles. The summed E-state index contributed by atoms with van der Waals surface area (Å²) in [6, 6.07) is 0. The first-order valence-electron chi connectivity index (χ1n) is 9.16. The zero-order chi connectivity index (χ0) is 17.6. The standard InChI is InChI=1S/C18H33N5O/c1-13-7-6-8-14(11-13)9-10-20-17(19-5)21-12-15-22-16(24-23-15)18(2,3)4/h13-14H,6-12H2,1-5H3,(H2,19,20,21). The summed E-state index contributed by atoms with van der Waals surface area (Å²) >= 11 is 0. The monoisotopic (exact) mass is 335 g/mol. The molecule has 1 saturated carbocycles. The summed E-state index contributed by atoms with van der Waals surface area (Å²) in [5, 5.41) is 10.7. The van der Waals surface area contributed by atoms with E-state index in [9.17, 15) is 0 Å². The lowest BCUT2D eigenvalue weighted by molar-refractivity contribution is 0.270. The minimum Gasteiger partial charge on any atom is -0.356 e. The number of nitrogens with zero attached hydrogens (tertiary/aromatic N) is 3. The van der Waals surface area contributed by atoms with Gasteiger partial charge in [-0.05, 0) is 24.7 Å². The van der Waals surface area contributed by atoms with E-state index in [-0.39, 0.29) is 5.41 Å². The molecule has 136 valence electrons. The number of aromatic nitrogens is 2. The maximum absolute atomic E-state index is 5.30. The lowest BCUT2D eigenvalue weighted by Crippen LogP contribution is -2.38. The van der Waals surface area contributed by atoms with Crippen molar-refractivity contribution in [2.75, 3.05) is 13.6 Å². The molecule has 2 unspecified atom stereocenters. The average molecular weight is 335 g/mol. The van der Waals surface area contributed by atoms with Crippen LogP contribution in [-0.4, -0.2) is 29.7 Å². The summed E-state index contributed by atoms with van der Waals surface area (Å²) in [4.78, 5) is 8.69. The van der Waals surface area contributed by atoms with Crippen LogP contribution >= 0.6 is 0 Å². The molecule has 2 rings (SSSR count). The third kappa shape index (κ3) is 5.80. The summed E-state index contributed by atoms with van der Waals surface area (Å²) in [6.45, 7) is 10.0. The normalized spacial score (nSPS) is 22.5. The van der Waals surface area contributed by atoms with Crippen molar-refractivity contribution in [2.45, 2.75) is 71.8 Å². The molecule has 1 aromatic rings. The van der Waals surface area contributed by atoms with Gasteiger partial charge in [0, 0.05) is 19.0 Å². The highest BCUT2D eigenvalue weighted by molar-refractivity contribution is 5.79. The van der Waals surface area contributed by atoms with E-state index >= 15 is 0 Å². The minimum atomic E-state index is -0.123. The second kappa shape index (κ2) is 8.49. The summed E-state index contributed by atoms with van der Waals surface area (Å²) < 4.78 is 5.30. The van der Waals surface area contributed by atoms with Crippen molar-refractivity contribution < 1.29 is 4.52 Å². The van der Waals surface area contributed by atoms with E-state index in [4.69, 9.17) is 4.52 Å². The fourth-order valence-corrected chi connectivity index (χ4v) is 3.23. The summed E-state index contributed by atoms with van der Waals surface area (Å²) in [5.74, 6) is 3.85. The van der Waals surface area contributed by atoms with Crippen molar-refractivity contribution in [1.82, 2.24) is 20.8 Å². The molecule has 0 bridgehead atoms. The van der Waals surface area contributed by atoms with E-state index in [1.165, 1.54) is 32.1 Å². The third-order valence-corrected chi connectivity index (χ3v) is 4.64. The lowest BCUT2D eigenvalue weighted by atomic mass is 9.81. The summed E-state index contributed by atoms with van der Waals surface area (Å²) in [6.07, 6.45) is 6.73. The molecule has 1 fully saturated rings. The van der Waals surface area contributed by atoms with Gasteiger partial charge in [-0.25, -0.2) is 0 Å². The highest BCUT2D eigenvalue weighted by Gasteiger charge is 2.22. The number of rotatable bonds is 5. The molecule has 0 aromatic carbocycles. The molecule has 6 heteroatoms. The Labute approximate surface area is 145 Å². The van der Waals surface area contributed by atoms with Gasteiger partial charge in [-0.2, -0.15) is 4.98 Å². The summed E-state index contributed by atoms with van der Waals surface area (Å²) in [5.41, 5.74) is -0.123. The largest absolute Gasteiger partial charge is 0.356 e. The van der Waals surface area contributed by atoms with Crippen LogP contribution in [0.5, 0.6) is 0 Å². The molecule has 2 N–H and O–H groups in total. The predicted octanol–water partition coefficient (Wildman–Crippen LogP) is 3.25. The maximum atomic E-state index is 5.30. The van der Waals surface area contributed by atoms with Crippen LogP contribution in [0.3, 0.4) is 0 Å². The van der Waals surface area contributed by atoms with Gasteiger partial charge in [0.15, 0.2) is 11.8 Å². The Bertz CT molecular complexity index is 532. The molecule has 0 amide bonds. The molecule has 1 aliphatic rings. The molecule has 2 atom stereocenters. The lowest BCUT2D eigenvalue weighted by Gasteiger charge is -2.26. The quantitative estimate of drug-likeness (QED) is 0.638. The van der Waals surface area contributed by atoms with Crippen LogP contribution in [0.2, 0.25) is 0 Å². The Balaban J connectivity index is 1.71. The van der Waals surface area contributed by atoms with Gasteiger partial charge in [0.2, 0.25) is 5.89 Å². The molecule has 1 aromatic heterocycles. The zero-order valence-electron chi connectivity index (χ0n) is 15.9. The van der Waals surface area contributed by atoms with Gasteiger partial charge >= 0.3 is 0 Å². The third-order valence-electron chi connectivity index (χ3n) is 4.64. The fraction of sp³-hybridized carbons (Fsp3) is 0.833. The van der Waals surface area contributed by atoms with Gasteiger partial charge < -0.3 is 15.2 Å². The van der Waals surface area contributed by atoms with Crippen molar-refractivity contribution >= 4 is 5.96 Å². The zero-order valence-corrected chi connectivity index (χ0v) is 15.9. The minimum absolute atomic E-state index is 0.123. The van der Waals surface area contributed by atoms with Crippen molar-refractivity contribution in [3.05, 3.63) is 11.7 Å². The molecule has 0 aliphatic heterocycles. The number of aliphatic imine (C=N–C) groups is 1. The molecule has 1 heterocycles. The second-order valence-corrected chi connectivity index (χ2v) is 8.04. The van der Waals surface area contributed by atoms with Crippen molar-refractivity contribution in [1.29, 1.82) is 0 Å². The molecule has 6 nitrogen and oxygen atoms in total. The fourth-order valence-electron chi connectivity index (χ4n) is 3.23. The number of nitrogens with one attached hydrogen (secondary N) is 2. The SMILES string of the molecule is CN=C(NCCC1CCCC(C)C1)NCc1noc(C(C)(C)C)n1. The van der Waals surface area contributed by atoms with E-state index in [1.807, 2.05) is 0 Å². The van der Waals surface area contributed by atoms with Gasteiger partial charge in [0.1, 0.15) is 0 Å². The van der Waals surface area contributed by atoms with E-state index in [0.717, 1.165) is 24.3 Å². The Morgan fingerprint density at radius 2 is 2.08 bits per heavy atom. The van der Waals surface area contributed by atoms with Crippen LogP contribution in [0, 0.1) is 11.8 Å². The number of hydrogen-bond donors (Lipinski definition) is 2. The van der Waals surface area contributed by atoms with E-state index in [0.29, 0.717) is 18.3 Å². The van der Waals surface area contributed by atoms with Crippen LogP contribution in [0.25, 0.3) is 0 Å². The molecular formula is C18H33N5O. The predicted molar refractivity (Wildman–Crippen MR) is 96.9 cm³/mol. The second-order valence-electron chi connectivity index (χ2n) is 8.04. The van der Waals surface area contributed by atoms with Crippen LogP contribution in [0.4, 0.5) is 0 Å². The van der Waals surface area contributed by atoms with E-state index < -0.39 is 0 Å². The van der Waals surface area contributed by atoms with Gasteiger partial charge in [0.05, 0.1) is 6.54 Å².